The van der Waals surface area contributed by atoms with Crippen LogP contribution in [0, 0.1) is 6.92 Å². The van der Waals surface area contributed by atoms with Crippen LogP contribution in [-0.4, -0.2) is 35.7 Å². The lowest BCUT2D eigenvalue weighted by Crippen LogP contribution is -2.14. The molecular formula is C24H22F3N7O. The van der Waals surface area contributed by atoms with E-state index >= 15 is 0 Å². The highest BCUT2D eigenvalue weighted by Crippen LogP contribution is 2.33. The van der Waals surface area contributed by atoms with Gasteiger partial charge in [0.05, 0.1) is 17.4 Å². The monoisotopic (exact) mass is 481 g/mol. The Kier molecular flexibility index (Phi) is 5.83. The summed E-state index contributed by atoms with van der Waals surface area (Å²) >= 11 is 0. The average Bonchev–Trinajstić information content (AvgIpc) is 3.42. The molecule has 0 saturated carbocycles. The van der Waals surface area contributed by atoms with Crippen LogP contribution < -0.4 is 5.32 Å². The number of carbonyl (C=O) groups excluding carboxylic acids is 1. The van der Waals surface area contributed by atoms with E-state index in [-0.39, 0.29) is 11.4 Å². The van der Waals surface area contributed by atoms with Gasteiger partial charge in [-0.05, 0) is 43.5 Å². The van der Waals surface area contributed by atoms with Crippen molar-refractivity contribution in [3.63, 3.8) is 0 Å². The number of aryl methyl sites for hydroxylation is 2. The molecule has 0 saturated heterocycles. The third-order valence-corrected chi connectivity index (χ3v) is 6.04. The highest BCUT2D eigenvalue weighted by Gasteiger charge is 2.34. The van der Waals surface area contributed by atoms with Gasteiger partial charge in [-0.1, -0.05) is 35.9 Å². The number of rotatable bonds is 4. The van der Waals surface area contributed by atoms with Crippen molar-refractivity contribution < 1.29 is 18.0 Å². The van der Waals surface area contributed by atoms with Crippen molar-refractivity contribution in [3.05, 3.63) is 71.3 Å². The SMILES string of the molecule is Cc1ccc(-c2nnc3n2CCCCC3)cc1NC(=O)c1cn(-c2ccccc2C(F)(F)F)nn1. The standard InChI is InChI=1S/C24H22F3N7O/c1-15-10-11-16(22-31-30-21-9-3-2-6-12-33(21)22)13-18(15)28-23(35)19-14-34(32-29-19)20-8-5-4-7-17(20)24(25,26)27/h4-5,7-8,10-11,13-14H,2-3,6,9,12H2,1H3,(H,28,35). The summed E-state index contributed by atoms with van der Waals surface area (Å²) in [6.07, 6.45) is 0.781. The van der Waals surface area contributed by atoms with Gasteiger partial charge in [0.1, 0.15) is 5.82 Å². The first-order chi connectivity index (χ1) is 16.8. The molecule has 8 nitrogen and oxygen atoms in total. The molecule has 0 unspecified atom stereocenters. The van der Waals surface area contributed by atoms with Crippen molar-refractivity contribution in [2.75, 3.05) is 5.32 Å². The van der Waals surface area contributed by atoms with Crippen LogP contribution in [0.2, 0.25) is 0 Å². The lowest BCUT2D eigenvalue weighted by molar-refractivity contribution is -0.137. The highest BCUT2D eigenvalue weighted by molar-refractivity contribution is 6.03. The fourth-order valence-electron chi connectivity index (χ4n) is 4.18. The Morgan fingerprint density at radius 3 is 2.69 bits per heavy atom. The van der Waals surface area contributed by atoms with Crippen LogP contribution in [0.25, 0.3) is 17.1 Å². The molecule has 0 spiro atoms. The molecular weight excluding hydrogens is 459 g/mol. The van der Waals surface area contributed by atoms with Gasteiger partial charge in [-0.15, -0.1) is 15.3 Å². The Bertz CT molecular complexity index is 1390. The van der Waals surface area contributed by atoms with Crippen molar-refractivity contribution in [1.29, 1.82) is 0 Å². The summed E-state index contributed by atoms with van der Waals surface area (Å²) in [5, 5.41) is 19.0. The largest absolute Gasteiger partial charge is 0.418 e. The van der Waals surface area contributed by atoms with Crippen LogP contribution in [0.1, 0.15) is 46.7 Å². The molecule has 1 aliphatic rings. The molecule has 0 atom stereocenters. The number of aromatic nitrogens is 6. The number of fused-ring (bicyclic) bond motifs is 1. The third kappa shape index (κ3) is 4.53. The van der Waals surface area contributed by atoms with Crippen LogP contribution in [0.4, 0.5) is 18.9 Å². The predicted molar refractivity (Wildman–Crippen MR) is 122 cm³/mol. The van der Waals surface area contributed by atoms with Crippen LogP contribution in [0.5, 0.6) is 0 Å². The molecule has 1 N–H and O–H groups in total. The van der Waals surface area contributed by atoms with Gasteiger partial charge in [-0.2, -0.15) is 13.2 Å². The predicted octanol–water partition coefficient (Wildman–Crippen LogP) is 4.83. The summed E-state index contributed by atoms with van der Waals surface area (Å²) in [5.41, 5.74) is 0.985. The highest BCUT2D eigenvalue weighted by atomic mass is 19.4. The molecule has 2 aromatic heterocycles. The Labute approximate surface area is 198 Å². The van der Waals surface area contributed by atoms with E-state index in [2.05, 4.69) is 30.4 Å². The van der Waals surface area contributed by atoms with Crippen molar-refractivity contribution in [2.45, 2.75) is 45.3 Å². The minimum Gasteiger partial charge on any atom is -0.320 e. The Hall–Kier alpha value is -4.02. The second-order valence-corrected chi connectivity index (χ2v) is 8.45. The van der Waals surface area contributed by atoms with E-state index in [9.17, 15) is 18.0 Å². The van der Waals surface area contributed by atoms with Crippen LogP contribution in [-0.2, 0) is 19.1 Å². The zero-order valence-corrected chi connectivity index (χ0v) is 18.9. The summed E-state index contributed by atoms with van der Waals surface area (Å²) in [6.45, 7) is 2.69. The van der Waals surface area contributed by atoms with Crippen molar-refractivity contribution in [3.8, 4) is 17.1 Å². The molecule has 1 aliphatic heterocycles. The van der Waals surface area contributed by atoms with Gasteiger partial charge in [0.15, 0.2) is 11.5 Å². The second kappa shape index (κ2) is 8.97. The van der Waals surface area contributed by atoms with Gasteiger partial charge in [0.2, 0.25) is 0 Å². The maximum absolute atomic E-state index is 13.4. The molecule has 5 rings (SSSR count). The summed E-state index contributed by atoms with van der Waals surface area (Å²) in [6, 6.07) is 10.6. The molecule has 0 fully saturated rings. The molecule has 3 heterocycles. The van der Waals surface area contributed by atoms with E-state index in [0.717, 1.165) is 65.8 Å². The molecule has 1 amide bonds. The topological polar surface area (TPSA) is 90.5 Å². The van der Waals surface area contributed by atoms with Crippen molar-refractivity contribution in [2.24, 2.45) is 0 Å². The number of amides is 1. The zero-order chi connectivity index (χ0) is 24.6. The van der Waals surface area contributed by atoms with Gasteiger partial charge >= 0.3 is 6.18 Å². The second-order valence-electron chi connectivity index (χ2n) is 8.45. The first-order valence-electron chi connectivity index (χ1n) is 11.2. The van der Waals surface area contributed by atoms with Gasteiger partial charge in [-0.25, -0.2) is 4.68 Å². The molecule has 4 aromatic rings. The number of alkyl halides is 3. The number of nitrogens with zero attached hydrogens (tertiary/aromatic N) is 6. The number of anilines is 1. The molecule has 0 bridgehead atoms. The van der Waals surface area contributed by atoms with E-state index in [1.165, 1.54) is 24.4 Å². The zero-order valence-electron chi connectivity index (χ0n) is 18.9. The normalized spacial score (nSPS) is 13.8. The van der Waals surface area contributed by atoms with Gasteiger partial charge in [0, 0.05) is 24.2 Å². The van der Waals surface area contributed by atoms with Crippen molar-refractivity contribution >= 4 is 11.6 Å². The van der Waals surface area contributed by atoms with Crippen molar-refractivity contribution in [1.82, 2.24) is 29.8 Å². The number of hydrogen-bond donors (Lipinski definition) is 1. The smallest absolute Gasteiger partial charge is 0.320 e. The summed E-state index contributed by atoms with van der Waals surface area (Å²) in [7, 11) is 0. The minimum absolute atomic E-state index is 0.108. The van der Waals surface area contributed by atoms with E-state index in [4.69, 9.17) is 0 Å². The number of benzene rings is 2. The van der Waals surface area contributed by atoms with Gasteiger partial charge in [-0.3, -0.25) is 4.79 Å². The third-order valence-electron chi connectivity index (χ3n) is 6.04. The molecule has 2 aromatic carbocycles. The van der Waals surface area contributed by atoms with Gasteiger partial charge in [0.25, 0.3) is 5.91 Å². The molecule has 0 radical (unpaired) electrons. The first kappa shape index (κ1) is 22.8. The number of nitrogens with one attached hydrogen (secondary N) is 1. The lowest BCUT2D eigenvalue weighted by Gasteiger charge is -2.12. The van der Waals surface area contributed by atoms with E-state index < -0.39 is 17.6 Å². The number of carbonyl (C=O) groups is 1. The molecule has 0 aliphatic carbocycles. The molecule has 35 heavy (non-hydrogen) atoms. The van der Waals surface area contributed by atoms with E-state index in [1.54, 1.807) is 0 Å². The maximum atomic E-state index is 13.4. The quantitative estimate of drug-likeness (QED) is 0.451. The minimum atomic E-state index is -4.57. The fourth-order valence-corrected chi connectivity index (χ4v) is 4.18. The molecule has 180 valence electrons. The molecule has 11 heteroatoms. The maximum Gasteiger partial charge on any atom is 0.418 e. The number of para-hydroxylation sites is 1. The number of hydrogen-bond acceptors (Lipinski definition) is 5. The summed E-state index contributed by atoms with van der Waals surface area (Å²) in [5.74, 6) is 1.12. The van der Waals surface area contributed by atoms with E-state index in [0.29, 0.717) is 5.69 Å². The van der Waals surface area contributed by atoms with Crippen LogP contribution in [0.3, 0.4) is 0 Å². The Balaban J connectivity index is 1.41. The number of halogens is 3. The Morgan fingerprint density at radius 1 is 1.03 bits per heavy atom. The summed E-state index contributed by atoms with van der Waals surface area (Å²) in [4.78, 5) is 12.9. The first-order valence-corrected chi connectivity index (χ1v) is 11.2. The van der Waals surface area contributed by atoms with Crippen LogP contribution in [0.15, 0.2) is 48.7 Å². The van der Waals surface area contributed by atoms with E-state index in [1.807, 2.05) is 25.1 Å². The summed E-state index contributed by atoms with van der Waals surface area (Å²) < 4.78 is 43.2. The average molecular weight is 481 g/mol. The van der Waals surface area contributed by atoms with Gasteiger partial charge < -0.3 is 9.88 Å². The van der Waals surface area contributed by atoms with Crippen LogP contribution >= 0.6 is 0 Å². The fraction of sp³-hybridized carbons (Fsp3) is 0.292. The lowest BCUT2D eigenvalue weighted by atomic mass is 10.1. The Morgan fingerprint density at radius 2 is 1.86 bits per heavy atom.